The van der Waals surface area contributed by atoms with Crippen molar-refractivity contribution < 1.29 is 4.74 Å². The number of aryl methyl sites for hydroxylation is 1. The van der Waals surface area contributed by atoms with Crippen molar-refractivity contribution in [2.24, 2.45) is 4.99 Å². The number of thiazole rings is 1. The number of hydrogen-bond donors (Lipinski definition) is 0. The molecule has 0 saturated heterocycles. The number of thioether (sulfide) groups is 1. The minimum Gasteiger partial charge on any atom is -0.364 e. The predicted octanol–water partition coefficient (Wildman–Crippen LogP) is 3.27. The van der Waals surface area contributed by atoms with Gasteiger partial charge in [0.25, 0.3) is 0 Å². The molecule has 3 aromatic rings. The third-order valence-corrected chi connectivity index (χ3v) is 4.71. The zero-order valence-corrected chi connectivity index (χ0v) is 15.3. The summed E-state index contributed by atoms with van der Waals surface area (Å²) in [4.78, 5) is 19.7. The largest absolute Gasteiger partial charge is 0.364 e. The summed E-state index contributed by atoms with van der Waals surface area (Å²) in [6, 6.07) is 7.64. The van der Waals surface area contributed by atoms with Crippen LogP contribution in [0.4, 0.5) is 5.82 Å². The van der Waals surface area contributed by atoms with E-state index in [0.29, 0.717) is 12.5 Å². The van der Waals surface area contributed by atoms with Gasteiger partial charge in [-0.1, -0.05) is 29.2 Å². The lowest BCUT2D eigenvalue weighted by molar-refractivity contribution is 0.129. The van der Waals surface area contributed by atoms with Crippen molar-refractivity contribution in [2.45, 2.75) is 18.8 Å². The second-order valence-corrected chi connectivity index (χ2v) is 6.73. The predicted molar refractivity (Wildman–Crippen MR) is 96.3 cm³/mol. The lowest BCUT2D eigenvalue weighted by atomic mass is 10.3. The van der Waals surface area contributed by atoms with Gasteiger partial charge in [-0.3, -0.25) is 4.57 Å². The zero-order valence-electron chi connectivity index (χ0n) is 13.6. The summed E-state index contributed by atoms with van der Waals surface area (Å²) < 4.78 is 7.23. The maximum atomic E-state index is 5.28. The molecule has 0 atom stereocenters. The van der Waals surface area contributed by atoms with E-state index in [1.807, 2.05) is 48.2 Å². The van der Waals surface area contributed by atoms with Gasteiger partial charge in [-0.15, -0.1) is 0 Å². The van der Waals surface area contributed by atoms with Crippen LogP contribution in [-0.2, 0) is 11.5 Å². The maximum Gasteiger partial charge on any atom is 0.193 e. The Morgan fingerprint density at radius 3 is 2.92 bits per heavy atom. The molecule has 3 aromatic heterocycles. The van der Waals surface area contributed by atoms with E-state index in [1.54, 1.807) is 24.6 Å². The molecule has 0 aliphatic rings. The van der Waals surface area contributed by atoms with Crippen molar-refractivity contribution in [1.29, 1.82) is 0 Å². The number of rotatable bonds is 5. The molecule has 0 unspecified atom stereocenters. The van der Waals surface area contributed by atoms with E-state index in [-0.39, 0.29) is 0 Å². The quantitative estimate of drug-likeness (QED) is 0.517. The number of methoxy groups -OCH3 is 1. The Kier molecular flexibility index (Phi) is 5.39. The van der Waals surface area contributed by atoms with Crippen molar-refractivity contribution in [3.8, 4) is 10.6 Å². The van der Waals surface area contributed by atoms with Gasteiger partial charge >= 0.3 is 0 Å². The van der Waals surface area contributed by atoms with Gasteiger partial charge in [0.1, 0.15) is 6.73 Å². The molecule has 0 radical (unpaired) electrons. The van der Waals surface area contributed by atoms with Crippen molar-refractivity contribution in [1.82, 2.24) is 19.5 Å². The van der Waals surface area contributed by atoms with Gasteiger partial charge in [0.05, 0.1) is 10.6 Å². The Labute approximate surface area is 148 Å². The van der Waals surface area contributed by atoms with Crippen LogP contribution in [0.3, 0.4) is 0 Å². The highest BCUT2D eigenvalue weighted by Crippen LogP contribution is 2.23. The van der Waals surface area contributed by atoms with Crippen molar-refractivity contribution in [2.75, 3.05) is 13.4 Å². The summed E-state index contributed by atoms with van der Waals surface area (Å²) in [7, 11) is 1.66. The van der Waals surface area contributed by atoms with Crippen LogP contribution in [0.25, 0.3) is 10.6 Å². The first-order valence-electron chi connectivity index (χ1n) is 7.24. The molecular formula is C16H17N5OS2. The van der Waals surface area contributed by atoms with Crippen LogP contribution >= 0.6 is 23.1 Å². The molecule has 8 heteroatoms. The molecule has 3 rings (SSSR count). The first-order chi connectivity index (χ1) is 11.7. The molecule has 0 fully saturated rings. The fourth-order valence-corrected chi connectivity index (χ4v) is 3.47. The minimum atomic E-state index is 0.418. The molecule has 24 heavy (non-hydrogen) atoms. The van der Waals surface area contributed by atoms with Gasteiger partial charge in [-0.05, 0) is 31.4 Å². The van der Waals surface area contributed by atoms with Crippen molar-refractivity contribution in [3.63, 3.8) is 0 Å². The Morgan fingerprint density at radius 2 is 2.21 bits per heavy atom. The number of hydrogen-bond acceptors (Lipinski definition) is 7. The standard InChI is InChI=1S/C16H17N5OS2/c1-11-8-12(19-15(18-11)23-3)13-9-21(10-22-2)16(24-13)20-14-6-4-5-7-17-14/h4-9H,10H2,1-3H3. The first-order valence-corrected chi connectivity index (χ1v) is 9.28. The van der Waals surface area contributed by atoms with Gasteiger partial charge in [-0.25, -0.2) is 19.9 Å². The average molecular weight is 359 g/mol. The van der Waals surface area contributed by atoms with E-state index >= 15 is 0 Å². The second-order valence-electron chi connectivity index (χ2n) is 4.95. The molecule has 0 N–H and O–H groups in total. The third kappa shape index (κ3) is 3.89. The molecule has 0 spiro atoms. The van der Waals surface area contributed by atoms with Gasteiger partial charge in [0.15, 0.2) is 15.8 Å². The minimum absolute atomic E-state index is 0.418. The molecule has 6 nitrogen and oxygen atoms in total. The van der Waals surface area contributed by atoms with E-state index in [1.165, 1.54) is 11.8 Å². The number of aromatic nitrogens is 4. The topological polar surface area (TPSA) is 65.2 Å². The van der Waals surface area contributed by atoms with Crippen LogP contribution in [0.5, 0.6) is 0 Å². The Bertz CT molecular complexity index is 889. The average Bonchev–Trinajstić information content (AvgIpc) is 2.98. The molecule has 0 aliphatic carbocycles. The van der Waals surface area contributed by atoms with Crippen LogP contribution < -0.4 is 4.80 Å². The van der Waals surface area contributed by atoms with Crippen molar-refractivity contribution >= 4 is 28.9 Å². The molecular weight excluding hydrogens is 342 g/mol. The summed E-state index contributed by atoms with van der Waals surface area (Å²) in [5.41, 5.74) is 1.84. The summed E-state index contributed by atoms with van der Waals surface area (Å²) in [5.74, 6) is 0.666. The van der Waals surface area contributed by atoms with Crippen molar-refractivity contribution in [3.05, 3.63) is 47.2 Å². The highest BCUT2D eigenvalue weighted by atomic mass is 32.2. The van der Waals surface area contributed by atoms with Crippen LogP contribution in [0.15, 0.2) is 46.8 Å². The maximum absolute atomic E-state index is 5.28. The zero-order chi connectivity index (χ0) is 16.9. The van der Waals surface area contributed by atoms with E-state index in [9.17, 15) is 0 Å². The highest BCUT2D eigenvalue weighted by molar-refractivity contribution is 7.98. The molecule has 0 saturated carbocycles. The fraction of sp³-hybridized carbons (Fsp3) is 0.250. The van der Waals surface area contributed by atoms with Crippen LogP contribution in [0, 0.1) is 6.92 Å². The van der Waals surface area contributed by atoms with E-state index in [0.717, 1.165) is 26.2 Å². The van der Waals surface area contributed by atoms with E-state index in [2.05, 4.69) is 19.9 Å². The Morgan fingerprint density at radius 1 is 1.33 bits per heavy atom. The summed E-state index contributed by atoms with van der Waals surface area (Å²) in [5, 5.41) is 0.764. The first kappa shape index (κ1) is 16.8. The Hall–Kier alpha value is -2.03. The number of nitrogens with zero attached hydrogens (tertiary/aromatic N) is 5. The monoisotopic (exact) mass is 359 g/mol. The smallest absolute Gasteiger partial charge is 0.193 e. The summed E-state index contributed by atoms with van der Waals surface area (Å²) in [6.07, 6.45) is 5.70. The molecule has 3 heterocycles. The molecule has 0 bridgehead atoms. The fourth-order valence-electron chi connectivity index (χ4n) is 2.09. The van der Waals surface area contributed by atoms with Gasteiger partial charge in [0, 0.05) is 25.2 Å². The van der Waals surface area contributed by atoms with Gasteiger partial charge < -0.3 is 4.74 Å². The molecule has 0 amide bonds. The van der Waals surface area contributed by atoms with Crippen LogP contribution in [-0.4, -0.2) is 32.9 Å². The van der Waals surface area contributed by atoms with Crippen LogP contribution in [0.1, 0.15) is 5.69 Å². The van der Waals surface area contributed by atoms with Crippen LogP contribution in [0.2, 0.25) is 0 Å². The molecule has 0 aromatic carbocycles. The van der Waals surface area contributed by atoms with E-state index < -0.39 is 0 Å². The summed E-state index contributed by atoms with van der Waals surface area (Å²) in [6.45, 7) is 2.39. The number of ether oxygens (including phenoxy) is 1. The highest BCUT2D eigenvalue weighted by Gasteiger charge is 2.09. The second kappa shape index (κ2) is 7.69. The molecule has 0 aliphatic heterocycles. The lowest BCUT2D eigenvalue weighted by Crippen LogP contribution is -2.14. The van der Waals surface area contributed by atoms with Gasteiger partial charge in [0.2, 0.25) is 0 Å². The lowest BCUT2D eigenvalue weighted by Gasteiger charge is -2.02. The SMILES string of the molecule is COCn1cc(-c2cc(C)nc(SC)n2)sc1=Nc1ccccn1. The number of pyridine rings is 1. The van der Waals surface area contributed by atoms with E-state index in [4.69, 9.17) is 4.74 Å². The third-order valence-electron chi connectivity index (χ3n) is 3.12. The normalized spacial score (nSPS) is 11.9. The molecule has 124 valence electrons. The van der Waals surface area contributed by atoms with Gasteiger partial charge in [-0.2, -0.15) is 0 Å². The Balaban J connectivity index is 2.09. The summed E-state index contributed by atoms with van der Waals surface area (Å²) >= 11 is 3.09.